The molecule has 19 heavy (non-hydrogen) atoms. The van der Waals surface area contributed by atoms with Gasteiger partial charge in [0.15, 0.2) is 0 Å². The fraction of sp³-hybridized carbons (Fsp3) is 1.00. The zero-order valence-electron chi connectivity index (χ0n) is 11.6. The molecule has 112 valence electrons. The average Bonchev–Trinajstić information content (AvgIpc) is 2.74. The van der Waals surface area contributed by atoms with Gasteiger partial charge >= 0.3 is 0 Å². The second-order valence-corrected chi connectivity index (χ2v) is 7.38. The summed E-state index contributed by atoms with van der Waals surface area (Å²) in [6.07, 6.45) is 2.49. The monoisotopic (exact) mass is 292 g/mol. The first-order valence-electron chi connectivity index (χ1n) is 6.96. The molecule has 2 rings (SSSR count). The summed E-state index contributed by atoms with van der Waals surface area (Å²) in [4.78, 5) is 0. The minimum absolute atomic E-state index is 0.0447. The quantitative estimate of drug-likeness (QED) is 0.770. The fourth-order valence-electron chi connectivity index (χ4n) is 3.00. The van der Waals surface area contributed by atoms with E-state index < -0.39 is 10.2 Å². The Labute approximate surface area is 115 Å². The van der Waals surface area contributed by atoms with Crippen molar-refractivity contribution < 1.29 is 18.3 Å². The third-order valence-electron chi connectivity index (χ3n) is 3.92. The van der Waals surface area contributed by atoms with E-state index in [2.05, 4.69) is 4.72 Å². The number of hydrogen-bond acceptors (Lipinski definition) is 4. The van der Waals surface area contributed by atoms with Crippen molar-refractivity contribution in [1.82, 2.24) is 9.03 Å². The maximum atomic E-state index is 12.4. The molecule has 2 aliphatic rings. The molecule has 0 amide bonds. The maximum Gasteiger partial charge on any atom is 0.279 e. The fourth-order valence-corrected chi connectivity index (χ4v) is 4.66. The molecule has 4 atom stereocenters. The summed E-state index contributed by atoms with van der Waals surface area (Å²) < 4.78 is 34.5. The van der Waals surface area contributed by atoms with E-state index >= 15 is 0 Å². The maximum absolute atomic E-state index is 12.4. The highest BCUT2D eigenvalue weighted by Crippen LogP contribution is 2.26. The van der Waals surface area contributed by atoms with Gasteiger partial charge in [0.05, 0.1) is 12.2 Å². The lowest BCUT2D eigenvalue weighted by Gasteiger charge is -2.35. The van der Waals surface area contributed by atoms with Crippen molar-refractivity contribution in [2.24, 2.45) is 5.92 Å². The topological polar surface area (TPSA) is 78.9 Å². The summed E-state index contributed by atoms with van der Waals surface area (Å²) in [5, 5.41) is 9.26. The summed E-state index contributed by atoms with van der Waals surface area (Å²) >= 11 is 0. The van der Waals surface area contributed by atoms with Crippen molar-refractivity contribution in [3.05, 3.63) is 0 Å². The van der Waals surface area contributed by atoms with Crippen LogP contribution in [-0.2, 0) is 14.9 Å². The van der Waals surface area contributed by atoms with Gasteiger partial charge < -0.3 is 9.84 Å². The smallest absolute Gasteiger partial charge is 0.279 e. The Balaban J connectivity index is 2.01. The van der Waals surface area contributed by atoms with Gasteiger partial charge in [0.25, 0.3) is 10.2 Å². The summed E-state index contributed by atoms with van der Waals surface area (Å²) in [6.45, 7) is 4.57. The first-order valence-corrected chi connectivity index (χ1v) is 8.40. The number of aliphatic hydroxyl groups is 1. The molecule has 0 bridgehead atoms. The molecule has 1 aliphatic carbocycles. The van der Waals surface area contributed by atoms with Gasteiger partial charge in [-0.25, -0.2) is 0 Å². The molecule has 2 fully saturated rings. The van der Waals surface area contributed by atoms with Crippen LogP contribution in [0.5, 0.6) is 0 Å². The van der Waals surface area contributed by atoms with Crippen LogP contribution in [0.2, 0.25) is 0 Å². The van der Waals surface area contributed by atoms with Gasteiger partial charge in [0.1, 0.15) is 0 Å². The Morgan fingerprint density at radius 3 is 2.47 bits per heavy atom. The van der Waals surface area contributed by atoms with Gasteiger partial charge in [0.2, 0.25) is 0 Å². The predicted molar refractivity (Wildman–Crippen MR) is 71.9 cm³/mol. The van der Waals surface area contributed by atoms with Crippen LogP contribution in [0.4, 0.5) is 0 Å². The Hall–Kier alpha value is -0.210. The lowest BCUT2D eigenvalue weighted by atomic mass is 10.1. The van der Waals surface area contributed by atoms with Gasteiger partial charge in [-0.1, -0.05) is 6.42 Å². The van der Waals surface area contributed by atoms with Crippen LogP contribution in [0.3, 0.4) is 0 Å². The van der Waals surface area contributed by atoms with Crippen molar-refractivity contribution in [2.45, 2.75) is 51.4 Å². The molecule has 4 unspecified atom stereocenters. The van der Waals surface area contributed by atoms with Crippen LogP contribution in [-0.4, -0.2) is 55.8 Å². The predicted octanol–water partition coefficient (Wildman–Crippen LogP) is 0.0910. The number of morpholine rings is 1. The molecule has 2 N–H and O–H groups in total. The third-order valence-corrected chi connectivity index (χ3v) is 5.50. The SMILES string of the molecule is CC1CN(S(=O)(=O)NC2CCCC2CO)CC(C)O1. The van der Waals surface area contributed by atoms with Gasteiger partial charge in [-0.15, -0.1) is 0 Å². The van der Waals surface area contributed by atoms with E-state index in [0.717, 1.165) is 19.3 Å². The average molecular weight is 292 g/mol. The zero-order chi connectivity index (χ0) is 14.0. The lowest BCUT2D eigenvalue weighted by Crippen LogP contribution is -2.54. The number of rotatable bonds is 4. The summed E-state index contributed by atoms with van der Waals surface area (Å²) in [7, 11) is -3.48. The highest BCUT2D eigenvalue weighted by molar-refractivity contribution is 7.87. The highest BCUT2D eigenvalue weighted by Gasteiger charge is 2.35. The normalized spacial score (nSPS) is 37.6. The van der Waals surface area contributed by atoms with Crippen LogP contribution in [0, 0.1) is 5.92 Å². The first kappa shape index (κ1) is 15.2. The van der Waals surface area contributed by atoms with E-state index in [1.54, 1.807) is 0 Å². The molecular formula is C12H24N2O4S. The minimum atomic E-state index is -3.48. The van der Waals surface area contributed by atoms with E-state index in [1.165, 1.54) is 4.31 Å². The van der Waals surface area contributed by atoms with Crippen molar-refractivity contribution in [2.75, 3.05) is 19.7 Å². The third kappa shape index (κ3) is 3.66. The Bertz CT molecular complexity index is 391. The molecule has 1 saturated carbocycles. The van der Waals surface area contributed by atoms with Gasteiger partial charge in [-0.05, 0) is 32.6 Å². The molecule has 1 aliphatic heterocycles. The van der Waals surface area contributed by atoms with E-state index in [9.17, 15) is 13.5 Å². The van der Waals surface area contributed by atoms with Crippen LogP contribution in [0.15, 0.2) is 0 Å². The standard InChI is InChI=1S/C12H24N2O4S/c1-9-6-14(7-10(2)18-9)19(16,17)13-12-5-3-4-11(12)8-15/h9-13,15H,3-8H2,1-2H3. The highest BCUT2D eigenvalue weighted by atomic mass is 32.2. The summed E-state index contributed by atoms with van der Waals surface area (Å²) in [5.74, 6) is 0.0469. The number of hydrogen-bond donors (Lipinski definition) is 2. The number of nitrogens with one attached hydrogen (secondary N) is 1. The summed E-state index contributed by atoms with van der Waals surface area (Å²) in [5.41, 5.74) is 0. The number of nitrogens with zero attached hydrogens (tertiary/aromatic N) is 1. The van der Waals surface area contributed by atoms with Crippen LogP contribution >= 0.6 is 0 Å². The van der Waals surface area contributed by atoms with Gasteiger partial charge in [-0.3, -0.25) is 0 Å². The second kappa shape index (κ2) is 6.05. The number of ether oxygens (including phenoxy) is 1. The van der Waals surface area contributed by atoms with Crippen LogP contribution in [0.25, 0.3) is 0 Å². The molecule has 0 aromatic heterocycles. The minimum Gasteiger partial charge on any atom is -0.396 e. The van der Waals surface area contributed by atoms with Crippen molar-refractivity contribution in [3.8, 4) is 0 Å². The molecule has 0 spiro atoms. The molecule has 7 heteroatoms. The van der Waals surface area contributed by atoms with E-state index in [4.69, 9.17) is 4.74 Å². The summed E-state index contributed by atoms with van der Waals surface area (Å²) in [6, 6.07) is -0.136. The largest absolute Gasteiger partial charge is 0.396 e. The van der Waals surface area contributed by atoms with Crippen LogP contribution in [0.1, 0.15) is 33.1 Å². The lowest BCUT2D eigenvalue weighted by molar-refractivity contribution is -0.0445. The van der Waals surface area contributed by atoms with Crippen molar-refractivity contribution in [1.29, 1.82) is 0 Å². The Morgan fingerprint density at radius 2 is 1.89 bits per heavy atom. The molecule has 1 saturated heterocycles. The Kier molecular flexibility index (Phi) is 4.84. The molecule has 0 aromatic carbocycles. The molecular weight excluding hydrogens is 268 g/mol. The van der Waals surface area contributed by atoms with E-state index in [-0.39, 0.29) is 30.8 Å². The Morgan fingerprint density at radius 1 is 1.26 bits per heavy atom. The molecule has 1 heterocycles. The number of aliphatic hydroxyl groups excluding tert-OH is 1. The van der Waals surface area contributed by atoms with Crippen LogP contribution < -0.4 is 4.72 Å². The van der Waals surface area contributed by atoms with Gasteiger partial charge in [0, 0.05) is 25.7 Å². The molecule has 0 aromatic rings. The zero-order valence-corrected chi connectivity index (χ0v) is 12.4. The van der Waals surface area contributed by atoms with E-state index in [1.807, 2.05) is 13.8 Å². The van der Waals surface area contributed by atoms with E-state index in [0.29, 0.717) is 13.1 Å². The van der Waals surface area contributed by atoms with Crippen molar-refractivity contribution >= 4 is 10.2 Å². The second-order valence-electron chi connectivity index (χ2n) is 5.68. The molecule has 0 radical (unpaired) electrons. The van der Waals surface area contributed by atoms with Crippen molar-refractivity contribution in [3.63, 3.8) is 0 Å². The van der Waals surface area contributed by atoms with Gasteiger partial charge in [-0.2, -0.15) is 17.4 Å². The first-order chi connectivity index (χ1) is 8.92. The molecule has 6 nitrogen and oxygen atoms in total.